The molecule has 0 spiro atoms. The molecule has 0 atom stereocenters. The van der Waals surface area contributed by atoms with E-state index in [9.17, 15) is 0 Å². The lowest BCUT2D eigenvalue weighted by molar-refractivity contribution is 0.488. The van der Waals surface area contributed by atoms with E-state index in [2.05, 4.69) is 312 Å². The Morgan fingerprint density at radius 3 is 1.33 bits per heavy atom. The summed E-state index contributed by atoms with van der Waals surface area (Å²) in [6.07, 6.45) is 0. The van der Waals surface area contributed by atoms with Crippen LogP contribution in [0.2, 0.25) is 0 Å². The van der Waals surface area contributed by atoms with E-state index in [1.807, 2.05) is 0 Å². The van der Waals surface area contributed by atoms with Crippen molar-refractivity contribution in [1.29, 1.82) is 0 Å². The lowest BCUT2D eigenvalue weighted by Gasteiger charge is -2.44. The maximum Gasteiger partial charge on any atom is 0.256 e. The predicted molar refractivity (Wildman–Crippen MR) is 370 cm³/mol. The van der Waals surface area contributed by atoms with E-state index in [1.165, 1.54) is 111 Å². The quantitative estimate of drug-likeness (QED) is 0.164. The molecular weight excluding hydrogens is 1040 g/mol. The number of anilines is 6. The second-order valence-corrected chi connectivity index (χ2v) is 30.3. The standard InChI is InChI=1S/C80H77B2N3O/c1-76(2,3)52-26-32-57(33-27-52)83-66-37-31-55(79(10,11)12)44-61(66)81-63-46-62-67(47-71(63)86-72-41-51(40-70(83)74(72)81)49-24-20-17-21-25-49)84(58-34-28-53(29-35-58)77(4,5)6)68-38-50(48-22-18-16-19-23-48)39-69-73(68)82(62)64-45-56(80(13,14)15)43-60-59-42-54(78(7,8)9)30-36-65(59)85(69)75(60)64/h16-47H,1-15H3. The molecule has 0 amide bonds. The van der Waals surface area contributed by atoms with Crippen LogP contribution in [0.5, 0.6) is 11.5 Å². The van der Waals surface area contributed by atoms with Crippen molar-refractivity contribution in [3.05, 3.63) is 222 Å². The van der Waals surface area contributed by atoms with E-state index in [4.69, 9.17) is 4.74 Å². The van der Waals surface area contributed by atoms with Gasteiger partial charge in [0.1, 0.15) is 11.5 Å². The molecule has 4 nitrogen and oxygen atoms in total. The van der Waals surface area contributed by atoms with Gasteiger partial charge in [0.2, 0.25) is 0 Å². The molecule has 0 bridgehead atoms. The van der Waals surface area contributed by atoms with Crippen molar-refractivity contribution in [3.8, 4) is 39.4 Å². The Balaban J connectivity index is 1.07. The van der Waals surface area contributed by atoms with Gasteiger partial charge in [-0.2, -0.15) is 0 Å². The van der Waals surface area contributed by atoms with Gasteiger partial charge in [-0.1, -0.05) is 219 Å². The smallest absolute Gasteiger partial charge is 0.256 e. The van der Waals surface area contributed by atoms with Crippen LogP contribution in [-0.2, 0) is 27.1 Å². The van der Waals surface area contributed by atoms with E-state index in [0.717, 1.165) is 45.4 Å². The summed E-state index contributed by atoms with van der Waals surface area (Å²) in [6, 6.07) is 75.1. The number of aromatic nitrogens is 1. The molecule has 4 aliphatic rings. The first kappa shape index (κ1) is 54.2. The van der Waals surface area contributed by atoms with Crippen LogP contribution in [0.4, 0.5) is 34.1 Å². The molecular formula is C80H77B2N3O. The van der Waals surface area contributed by atoms with Gasteiger partial charge >= 0.3 is 0 Å². The SMILES string of the molecule is CC(C)(C)c1ccc(N2c3ccc(C(C)(C)C)cc3B3c4cc5c(cc4Oc4cc(-c6ccccc6)cc2c43)N(c2ccc(C(C)(C)C)cc2)c2cc(-c3ccccc3)cc3c2B5c2cc(C(C)(C)C)cc4c5cc(C(C)(C)C)ccc5n-3c24)cc1. The molecule has 6 heteroatoms. The summed E-state index contributed by atoms with van der Waals surface area (Å²) in [6.45, 7) is 34.8. The van der Waals surface area contributed by atoms with Gasteiger partial charge in [-0.05, 0) is 183 Å². The molecule has 0 saturated heterocycles. The fraction of sp³-hybridized carbons (Fsp3) is 0.250. The number of ether oxygens (including phenoxy) is 1. The van der Waals surface area contributed by atoms with E-state index in [0.29, 0.717) is 0 Å². The highest BCUT2D eigenvalue weighted by Gasteiger charge is 2.48. The average molecular weight is 1120 g/mol. The Morgan fingerprint density at radius 2 is 0.756 bits per heavy atom. The minimum atomic E-state index is -0.145. The van der Waals surface area contributed by atoms with Crippen LogP contribution in [0.1, 0.15) is 132 Å². The molecule has 4 aliphatic heterocycles. The van der Waals surface area contributed by atoms with Crippen molar-refractivity contribution >= 4 is 102 Å². The number of nitrogens with zero attached hydrogens (tertiary/aromatic N) is 3. The van der Waals surface area contributed by atoms with E-state index >= 15 is 0 Å². The molecule has 86 heavy (non-hydrogen) atoms. The predicted octanol–water partition coefficient (Wildman–Crippen LogP) is 17.6. The van der Waals surface area contributed by atoms with E-state index in [-0.39, 0.29) is 40.5 Å². The van der Waals surface area contributed by atoms with Crippen molar-refractivity contribution < 1.29 is 4.74 Å². The summed E-state index contributed by atoms with van der Waals surface area (Å²) in [4.78, 5) is 5.11. The minimum absolute atomic E-state index is 0.00949. The molecule has 5 heterocycles. The topological polar surface area (TPSA) is 20.6 Å². The van der Waals surface area contributed by atoms with Crippen LogP contribution in [-0.4, -0.2) is 18.0 Å². The number of rotatable bonds is 4. The summed E-state index contributed by atoms with van der Waals surface area (Å²) in [5.74, 6) is 1.78. The summed E-state index contributed by atoms with van der Waals surface area (Å²) in [5.41, 5.74) is 29.3. The van der Waals surface area contributed by atoms with Gasteiger partial charge in [-0.15, -0.1) is 0 Å². The summed E-state index contributed by atoms with van der Waals surface area (Å²) < 4.78 is 10.4. The first-order valence-corrected chi connectivity index (χ1v) is 31.2. The van der Waals surface area contributed by atoms with Gasteiger partial charge in [0.15, 0.2) is 0 Å². The third kappa shape index (κ3) is 8.40. The lowest BCUT2D eigenvalue weighted by atomic mass is 9.30. The van der Waals surface area contributed by atoms with Crippen LogP contribution < -0.4 is 47.3 Å². The Bertz CT molecular complexity index is 4610. The summed E-state index contributed by atoms with van der Waals surface area (Å²) in [7, 11) is 0. The van der Waals surface area contributed by atoms with Crippen molar-refractivity contribution in [2.75, 3.05) is 9.80 Å². The van der Waals surface area contributed by atoms with Gasteiger partial charge in [-0.25, -0.2) is 0 Å². The molecule has 0 unspecified atom stereocenters. The molecule has 11 aromatic rings. The third-order valence-corrected chi connectivity index (χ3v) is 19.4. The van der Waals surface area contributed by atoms with Crippen LogP contribution in [0.15, 0.2) is 194 Å². The zero-order chi connectivity index (χ0) is 59.9. The first-order valence-electron chi connectivity index (χ1n) is 31.2. The number of hydrogen-bond acceptors (Lipinski definition) is 3. The Morgan fingerprint density at radius 1 is 0.302 bits per heavy atom. The largest absolute Gasteiger partial charge is 0.458 e. The van der Waals surface area contributed by atoms with Crippen LogP contribution in [0.3, 0.4) is 0 Å². The molecule has 15 rings (SSSR count). The normalized spacial score (nSPS) is 14.2. The number of hydrogen-bond donors (Lipinski definition) is 0. The zero-order valence-corrected chi connectivity index (χ0v) is 52.9. The molecule has 0 radical (unpaired) electrons. The van der Waals surface area contributed by atoms with Gasteiger partial charge in [0.25, 0.3) is 13.4 Å². The highest BCUT2D eigenvalue weighted by atomic mass is 16.5. The van der Waals surface area contributed by atoms with Crippen LogP contribution in [0, 0.1) is 0 Å². The van der Waals surface area contributed by atoms with Gasteiger partial charge in [0.05, 0.1) is 5.52 Å². The number of benzene rings is 10. The summed E-state index contributed by atoms with van der Waals surface area (Å²) >= 11 is 0. The summed E-state index contributed by atoms with van der Waals surface area (Å²) in [5, 5.41) is 2.62. The van der Waals surface area contributed by atoms with Gasteiger partial charge < -0.3 is 19.1 Å². The maximum atomic E-state index is 7.75. The monoisotopic (exact) mass is 1120 g/mol. The van der Waals surface area contributed by atoms with Crippen molar-refractivity contribution in [1.82, 2.24) is 4.57 Å². The molecule has 424 valence electrons. The van der Waals surface area contributed by atoms with Gasteiger partial charge in [-0.3, -0.25) is 0 Å². The second kappa shape index (κ2) is 18.5. The van der Waals surface area contributed by atoms with Crippen molar-refractivity contribution in [2.24, 2.45) is 0 Å². The van der Waals surface area contributed by atoms with Crippen molar-refractivity contribution in [3.63, 3.8) is 0 Å². The Hall–Kier alpha value is -8.47. The Labute approximate surface area is 510 Å². The van der Waals surface area contributed by atoms with Gasteiger partial charge in [0, 0.05) is 62.2 Å². The van der Waals surface area contributed by atoms with Crippen LogP contribution in [0.25, 0.3) is 49.7 Å². The fourth-order valence-electron chi connectivity index (χ4n) is 14.5. The molecule has 1 aromatic heterocycles. The first-order chi connectivity index (χ1) is 40.8. The Kier molecular flexibility index (Phi) is 11.7. The highest BCUT2D eigenvalue weighted by molar-refractivity contribution is 7.02. The van der Waals surface area contributed by atoms with Crippen molar-refractivity contribution in [2.45, 2.75) is 131 Å². The molecule has 0 saturated carbocycles. The lowest BCUT2D eigenvalue weighted by Crippen LogP contribution is -2.64. The van der Waals surface area contributed by atoms with E-state index in [1.54, 1.807) is 0 Å². The average Bonchev–Trinajstić information content (AvgIpc) is 1.22. The maximum absolute atomic E-state index is 7.75. The molecule has 0 aliphatic carbocycles. The second-order valence-electron chi connectivity index (χ2n) is 30.3. The molecule has 10 aromatic carbocycles. The zero-order valence-electron chi connectivity index (χ0n) is 52.9. The van der Waals surface area contributed by atoms with E-state index < -0.39 is 0 Å². The minimum Gasteiger partial charge on any atom is -0.458 e. The fourth-order valence-corrected chi connectivity index (χ4v) is 14.5. The highest BCUT2D eigenvalue weighted by Crippen LogP contribution is 2.49. The molecule has 0 N–H and O–H groups in total. The van der Waals surface area contributed by atoms with Crippen LogP contribution >= 0.6 is 0 Å². The molecule has 0 fully saturated rings. The third-order valence-electron chi connectivity index (χ3n) is 19.4. The number of fused-ring (bicyclic) bond motifs is 11.